The molecule has 1 aromatic carbocycles. The fourth-order valence-electron chi connectivity index (χ4n) is 2.99. The Labute approximate surface area is 137 Å². The van der Waals surface area contributed by atoms with Crippen molar-refractivity contribution in [1.29, 1.82) is 0 Å². The van der Waals surface area contributed by atoms with Crippen molar-refractivity contribution < 1.29 is 9.72 Å². The molecule has 1 amide bonds. The first-order valence-electron chi connectivity index (χ1n) is 8.41. The van der Waals surface area contributed by atoms with Crippen molar-refractivity contribution in [2.75, 3.05) is 18.0 Å². The standard InChI is InChI=1S/C17H25N3O3/c1-3-13(4-2)18-17(21)15-12-14(20(22)23)8-9-16(15)19-10-6-5-7-11-19/h8-9,12-13H,3-7,10-11H2,1-2H3,(H,18,21). The number of hydrogen-bond acceptors (Lipinski definition) is 4. The smallest absolute Gasteiger partial charge is 0.270 e. The van der Waals surface area contributed by atoms with Gasteiger partial charge in [0.1, 0.15) is 0 Å². The van der Waals surface area contributed by atoms with Gasteiger partial charge in [-0.1, -0.05) is 13.8 Å². The highest BCUT2D eigenvalue weighted by molar-refractivity contribution is 6.00. The number of nitro groups is 1. The maximum absolute atomic E-state index is 12.7. The van der Waals surface area contributed by atoms with Crippen molar-refractivity contribution in [2.24, 2.45) is 0 Å². The maximum atomic E-state index is 12.7. The minimum Gasteiger partial charge on any atom is -0.371 e. The lowest BCUT2D eigenvalue weighted by Crippen LogP contribution is -2.36. The number of hydrogen-bond donors (Lipinski definition) is 1. The van der Waals surface area contributed by atoms with Gasteiger partial charge in [0, 0.05) is 31.3 Å². The van der Waals surface area contributed by atoms with Crippen LogP contribution < -0.4 is 10.2 Å². The number of benzene rings is 1. The number of carbonyl (C=O) groups excluding carboxylic acids is 1. The number of anilines is 1. The third-order valence-corrected chi connectivity index (χ3v) is 4.45. The first-order chi connectivity index (χ1) is 11.1. The molecule has 0 bridgehead atoms. The molecule has 6 nitrogen and oxygen atoms in total. The number of nitrogens with one attached hydrogen (secondary N) is 1. The Morgan fingerprint density at radius 3 is 2.48 bits per heavy atom. The van der Waals surface area contributed by atoms with Gasteiger partial charge in [-0.25, -0.2) is 0 Å². The second-order valence-corrected chi connectivity index (χ2v) is 5.99. The van der Waals surface area contributed by atoms with Gasteiger partial charge in [0.15, 0.2) is 0 Å². The van der Waals surface area contributed by atoms with Crippen LogP contribution in [0.2, 0.25) is 0 Å². The normalized spacial score (nSPS) is 14.8. The van der Waals surface area contributed by atoms with Gasteiger partial charge in [0.2, 0.25) is 0 Å². The van der Waals surface area contributed by atoms with E-state index < -0.39 is 4.92 Å². The van der Waals surface area contributed by atoms with Gasteiger partial charge in [0.05, 0.1) is 16.2 Å². The summed E-state index contributed by atoms with van der Waals surface area (Å²) in [5.74, 6) is -0.219. The van der Waals surface area contributed by atoms with Gasteiger partial charge < -0.3 is 10.2 Å². The number of nitrogens with zero attached hydrogens (tertiary/aromatic N) is 2. The topological polar surface area (TPSA) is 75.5 Å². The van der Waals surface area contributed by atoms with E-state index in [0.29, 0.717) is 5.56 Å². The average Bonchev–Trinajstić information content (AvgIpc) is 2.59. The highest BCUT2D eigenvalue weighted by Crippen LogP contribution is 2.28. The Hall–Kier alpha value is -2.11. The van der Waals surface area contributed by atoms with Gasteiger partial charge in [-0.3, -0.25) is 14.9 Å². The van der Waals surface area contributed by atoms with E-state index in [1.807, 2.05) is 13.8 Å². The summed E-state index contributed by atoms with van der Waals surface area (Å²) in [7, 11) is 0. The molecule has 0 atom stereocenters. The van der Waals surface area contributed by atoms with E-state index in [1.54, 1.807) is 6.07 Å². The molecule has 1 heterocycles. The number of nitro benzene ring substituents is 1. The number of carbonyl (C=O) groups is 1. The highest BCUT2D eigenvalue weighted by atomic mass is 16.6. The molecule has 23 heavy (non-hydrogen) atoms. The van der Waals surface area contributed by atoms with Crippen molar-refractivity contribution in [2.45, 2.75) is 52.0 Å². The Bertz CT molecular complexity index is 564. The molecular formula is C17H25N3O3. The van der Waals surface area contributed by atoms with Gasteiger partial charge in [-0.05, 0) is 38.2 Å². The number of piperidine rings is 1. The second-order valence-electron chi connectivity index (χ2n) is 5.99. The van der Waals surface area contributed by atoms with Crippen LogP contribution in [0.5, 0.6) is 0 Å². The van der Waals surface area contributed by atoms with Gasteiger partial charge in [0.25, 0.3) is 11.6 Å². The molecule has 1 N–H and O–H groups in total. The molecular weight excluding hydrogens is 294 g/mol. The summed E-state index contributed by atoms with van der Waals surface area (Å²) in [5.41, 5.74) is 1.17. The van der Waals surface area contributed by atoms with Crippen molar-refractivity contribution >= 4 is 17.3 Å². The largest absolute Gasteiger partial charge is 0.371 e. The lowest BCUT2D eigenvalue weighted by Gasteiger charge is -2.30. The summed E-state index contributed by atoms with van der Waals surface area (Å²) in [6, 6.07) is 4.70. The second kappa shape index (κ2) is 7.94. The zero-order valence-electron chi connectivity index (χ0n) is 13.9. The molecule has 0 spiro atoms. The van der Waals surface area contributed by atoms with Crippen LogP contribution in [-0.4, -0.2) is 30.0 Å². The van der Waals surface area contributed by atoms with Crippen LogP contribution in [0.15, 0.2) is 18.2 Å². The monoisotopic (exact) mass is 319 g/mol. The molecule has 1 saturated heterocycles. The minimum atomic E-state index is -0.451. The van der Waals surface area contributed by atoms with Crippen LogP contribution in [-0.2, 0) is 0 Å². The molecule has 6 heteroatoms. The lowest BCUT2D eigenvalue weighted by molar-refractivity contribution is -0.384. The van der Waals surface area contributed by atoms with Crippen LogP contribution in [0.3, 0.4) is 0 Å². The predicted molar refractivity (Wildman–Crippen MR) is 91.0 cm³/mol. The van der Waals surface area contributed by atoms with Crippen molar-refractivity contribution in [1.82, 2.24) is 5.32 Å². The average molecular weight is 319 g/mol. The van der Waals surface area contributed by atoms with E-state index in [1.165, 1.54) is 18.6 Å². The number of rotatable bonds is 6. The molecule has 0 aliphatic carbocycles. The zero-order chi connectivity index (χ0) is 16.8. The predicted octanol–water partition coefficient (Wildman–Crippen LogP) is 3.50. The maximum Gasteiger partial charge on any atom is 0.270 e. The molecule has 1 aliphatic rings. The SMILES string of the molecule is CCC(CC)NC(=O)c1cc([N+](=O)[O-])ccc1N1CCCCC1. The molecule has 0 unspecified atom stereocenters. The number of non-ortho nitro benzene ring substituents is 1. The summed E-state index contributed by atoms with van der Waals surface area (Å²) in [5, 5.41) is 14.0. The fraction of sp³-hybridized carbons (Fsp3) is 0.588. The van der Waals surface area contributed by atoms with Crippen LogP contribution >= 0.6 is 0 Å². The Morgan fingerprint density at radius 2 is 1.91 bits per heavy atom. The summed E-state index contributed by atoms with van der Waals surface area (Å²) in [6.07, 6.45) is 5.06. The Kier molecular flexibility index (Phi) is 5.96. The molecule has 126 valence electrons. The van der Waals surface area contributed by atoms with Crippen LogP contribution in [0, 0.1) is 10.1 Å². The quantitative estimate of drug-likeness (QED) is 0.643. The number of amides is 1. The fourth-order valence-corrected chi connectivity index (χ4v) is 2.99. The van der Waals surface area contributed by atoms with Crippen molar-refractivity contribution in [3.63, 3.8) is 0 Å². The molecule has 1 aliphatic heterocycles. The van der Waals surface area contributed by atoms with E-state index in [9.17, 15) is 14.9 Å². The van der Waals surface area contributed by atoms with Gasteiger partial charge in [-0.15, -0.1) is 0 Å². The lowest BCUT2D eigenvalue weighted by atomic mass is 10.0. The van der Waals surface area contributed by atoms with E-state index in [-0.39, 0.29) is 17.6 Å². The van der Waals surface area contributed by atoms with E-state index in [0.717, 1.165) is 44.5 Å². The van der Waals surface area contributed by atoms with E-state index in [4.69, 9.17) is 0 Å². The third-order valence-electron chi connectivity index (χ3n) is 4.45. The Morgan fingerprint density at radius 1 is 1.26 bits per heavy atom. The van der Waals surface area contributed by atoms with Gasteiger partial charge in [-0.2, -0.15) is 0 Å². The van der Waals surface area contributed by atoms with Crippen molar-refractivity contribution in [3.05, 3.63) is 33.9 Å². The summed E-state index contributed by atoms with van der Waals surface area (Å²) < 4.78 is 0. The molecule has 0 radical (unpaired) electrons. The molecule has 0 aromatic heterocycles. The summed E-state index contributed by atoms with van der Waals surface area (Å²) in [4.78, 5) is 25.4. The van der Waals surface area contributed by atoms with Crippen LogP contribution in [0.4, 0.5) is 11.4 Å². The first kappa shape index (κ1) is 17.2. The molecule has 1 aromatic rings. The summed E-state index contributed by atoms with van der Waals surface area (Å²) >= 11 is 0. The Balaban J connectivity index is 2.33. The van der Waals surface area contributed by atoms with E-state index >= 15 is 0 Å². The van der Waals surface area contributed by atoms with Crippen LogP contribution in [0.1, 0.15) is 56.3 Å². The van der Waals surface area contributed by atoms with E-state index in [2.05, 4.69) is 10.2 Å². The molecule has 2 rings (SSSR count). The first-order valence-corrected chi connectivity index (χ1v) is 8.41. The highest BCUT2D eigenvalue weighted by Gasteiger charge is 2.22. The molecule has 1 fully saturated rings. The summed E-state index contributed by atoms with van der Waals surface area (Å²) in [6.45, 7) is 5.83. The zero-order valence-corrected chi connectivity index (χ0v) is 13.9. The van der Waals surface area contributed by atoms with Crippen molar-refractivity contribution in [3.8, 4) is 0 Å². The molecule has 0 saturated carbocycles. The van der Waals surface area contributed by atoms with Gasteiger partial charge >= 0.3 is 0 Å². The minimum absolute atomic E-state index is 0.0412. The van der Waals surface area contributed by atoms with Crippen LogP contribution in [0.25, 0.3) is 0 Å². The third kappa shape index (κ3) is 4.21.